The molecule has 0 spiro atoms. The van der Waals surface area contributed by atoms with E-state index in [-0.39, 0.29) is 0 Å². The normalized spacial score (nSPS) is 11.9. The van der Waals surface area contributed by atoms with Crippen molar-refractivity contribution in [3.8, 4) is 0 Å². The largest absolute Gasteiger partial charge is 0.417 e. The topological polar surface area (TPSA) is 13.0 Å². The molecular weight excluding hydrogens is 795 g/mol. The van der Waals surface area contributed by atoms with Crippen molar-refractivity contribution >= 4 is 69.8 Å². The zero-order chi connectivity index (χ0) is 44.0. The third kappa shape index (κ3) is 10.0. The smallest absolute Gasteiger partial charge is 0.378 e. The fraction of sp³-hybridized carbons (Fsp3) is 0.115. The lowest BCUT2D eigenvalue weighted by Crippen LogP contribution is -2.13. The molecule has 7 aromatic carbocycles. The summed E-state index contributed by atoms with van der Waals surface area (Å²) in [6.45, 7) is 0. The predicted molar refractivity (Wildman–Crippen MR) is 245 cm³/mol. The average Bonchev–Trinajstić information content (AvgIpc) is 3.26. The zero-order valence-corrected chi connectivity index (χ0v) is 34.5. The molecule has 0 unspecified atom stereocenters. The van der Waals surface area contributed by atoms with E-state index in [0.717, 1.165) is 57.7 Å². The number of halogens is 6. The van der Waals surface area contributed by atoms with Gasteiger partial charge in [-0.15, -0.1) is 0 Å². The van der Waals surface area contributed by atoms with Crippen LogP contribution in [0.5, 0.6) is 0 Å². The minimum absolute atomic E-state index is 0.509. The summed E-state index contributed by atoms with van der Waals surface area (Å²) in [5.74, 6) is 0. The molecule has 0 aliphatic carbocycles. The minimum Gasteiger partial charge on any atom is -0.378 e. The predicted octanol–water partition coefficient (Wildman–Crippen LogP) is 15.1. The standard InChI is InChI=1S/C52H44F6N4/c1-59(2)41-27-31-47(32-28-41)61(43-11-7-5-8-12-43)45-23-17-37(18-24-45)15-21-39-35-50(52(56,57)58)40(36-49(39)51(53,54)55)22-16-38-19-25-46(26-20-38)62(44-13-9-6-10-14-44)48-33-29-42(30-34-48)60(3)4/h5-36H,1-4H3. The van der Waals surface area contributed by atoms with Crippen LogP contribution in [0.3, 0.4) is 0 Å². The Bertz CT molecular complexity index is 2430. The van der Waals surface area contributed by atoms with Gasteiger partial charge >= 0.3 is 12.4 Å². The maximum Gasteiger partial charge on any atom is 0.417 e. The summed E-state index contributed by atoms with van der Waals surface area (Å²) in [4.78, 5) is 8.07. The van der Waals surface area contributed by atoms with Gasteiger partial charge in [0.15, 0.2) is 0 Å². The highest BCUT2D eigenvalue weighted by Crippen LogP contribution is 2.41. The van der Waals surface area contributed by atoms with Crippen LogP contribution in [0.1, 0.15) is 33.4 Å². The first-order chi connectivity index (χ1) is 29.7. The van der Waals surface area contributed by atoms with Crippen LogP contribution >= 0.6 is 0 Å². The second-order valence-corrected chi connectivity index (χ2v) is 15.0. The molecule has 0 bridgehead atoms. The maximum absolute atomic E-state index is 14.6. The molecule has 0 fully saturated rings. The highest BCUT2D eigenvalue weighted by Gasteiger charge is 2.38. The van der Waals surface area contributed by atoms with Gasteiger partial charge in [-0.25, -0.2) is 0 Å². The minimum atomic E-state index is -4.93. The van der Waals surface area contributed by atoms with E-state index in [2.05, 4.69) is 0 Å². The molecule has 0 saturated heterocycles. The van der Waals surface area contributed by atoms with Gasteiger partial charge in [0.1, 0.15) is 0 Å². The molecular formula is C52H44F6N4. The average molecular weight is 839 g/mol. The van der Waals surface area contributed by atoms with Crippen molar-refractivity contribution in [3.63, 3.8) is 0 Å². The molecule has 10 heteroatoms. The van der Waals surface area contributed by atoms with Crippen LogP contribution in [-0.4, -0.2) is 28.2 Å². The fourth-order valence-electron chi connectivity index (χ4n) is 7.09. The molecule has 7 aromatic rings. The van der Waals surface area contributed by atoms with E-state index in [1.807, 2.05) is 181 Å². The monoisotopic (exact) mass is 838 g/mol. The zero-order valence-electron chi connectivity index (χ0n) is 34.5. The molecule has 0 aliphatic rings. The Hall–Kier alpha value is -7.20. The lowest BCUT2D eigenvalue weighted by Gasteiger charge is -2.26. The van der Waals surface area contributed by atoms with Gasteiger partial charge in [0.25, 0.3) is 0 Å². The van der Waals surface area contributed by atoms with Crippen molar-refractivity contribution in [1.82, 2.24) is 0 Å². The number of para-hydroxylation sites is 2. The van der Waals surface area contributed by atoms with Crippen LogP contribution in [0, 0.1) is 0 Å². The summed E-state index contributed by atoms with van der Waals surface area (Å²) >= 11 is 0. The number of benzene rings is 7. The highest BCUT2D eigenvalue weighted by atomic mass is 19.4. The van der Waals surface area contributed by atoms with Crippen LogP contribution in [0.2, 0.25) is 0 Å². The Morgan fingerprint density at radius 2 is 0.581 bits per heavy atom. The summed E-state index contributed by atoms with van der Waals surface area (Å²) in [6.07, 6.45) is -4.91. The Labute approximate surface area is 358 Å². The van der Waals surface area contributed by atoms with Crippen LogP contribution in [0.15, 0.2) is 170 Å². The number of rotatable bonds is 12. The third-order valence-electron chi connectivity index (χ3n) is 10.3. The lowest BCUT2D eigenvalue weighted by molar-refractivity contribution is -0.141. The summed E-state index contributed by atoms with van der Waals surface area (Å²) in [5, 5.41) is 0. The number of anilines is 8. The SMILES string of the molecule is CN(C)c1ccc(N(c2ccccc2)c2ccc(C=Cc3cc(C(F)(F)F)c(C=Cc4ccc(N(c5ccccc5)c5ccc(N(C)C)cc5)cc4)cc3C(F)(F)F)cc2)cc1. The van der Waals surface area contributed by atoms with Crippen molar-refractivity contribution in [3.05, 3.63) is 203 Å². The van der Waals surface area contributed by atoms with Crippen LogP contribution in [0.4, 0.5) is 71.8 Å². The fourth-order valence-corrected chi connectivity index (χ4v) is 7.09. The van der Waals surface area contributed by atoms with E-state index >= 15 is 0 Å². The number of nitrogens with zero attached hydrogens (tertiary/aromatic N) is 4. The summed E-state index contributed by atoms with van der Waals surface area (Å²) in [7, 11) is 7.82. The van der Waals surface area contributed by atoms with E-state index < -0.39 is 34.6 Å². The second kappa shape index (κ2) is 18.2. The van der Waals surface area contributed by atoms with E-state index in [9.17, 15) is 26.3 Å². The van der Waals surface area contributed by atoms with E-state index in [1.165, 1.54) is 12.2 Å². The van der Waals surface area contributed by atoms with E-state index in [0.29, 0.717) is 23.3 Å². The molecule has 0 aromatic heterocycles. The maximum atomic E-state index is 14.6. The summed E-state index contributed by atoms with van der Waals surface area (Å²) in [5.41, 5.74) is 4.67. The van der Waals surface area contributed by atoms with Crippen molar-refractivity contribution in [2.75, 3.05) is 47.8 Å². The van der Waals surface area contributed by atoms with Crippen molar-refractivity contribution < 1.29 is 26.3 Å². The Morgan fingerprint density at radius 3 is 0.855 bits per heavy atom. The van der Waals surface area contributed by atoms with Crippen LogP contribution in [0.25, 0.3) is 24.3 Å². The van der Waals surface area contributed by atoms with Crippen LogP contribution < -0.4 is 19.6 Å². The first-order valence-electron chi connectivity index (χ1n) is 19.8. The van der Waals surface area contributed by atoms with Crippen molar-refractivity contribution in [2.45, 2.75) is 12.4 Å². The number of hydrogen-bond acceptors (Lipinski definition) is 4. The molecule has 62 heavy (non-hydrogen) atoms. The summed E-state index contributed by atoms with van der Waals surface area (Å²) < 4.78 is 87.5. The van der Waals surface area contributed by atoms with Crippen molar-refractivity contribution in [1.29, 1.82) is 0 Å². The lowest BCUT2D eigenvalue weighted by atomic mass is 9.95. The number of alkyl halides is 6. The molecule has 0 aliphatic heterocycles. The van der Waals surface area contributed by atoms with Gasteiger partial charge in [-0.1, -0.05) is 85.0 Å². The quantitative estimate of drug-likeness (QED) is 0.0898. The van der Waals surface area contributed by atoms with Gasteiger partial charge in [0.05, 0.1) is 11.1 Å². The molecule has 0 radical (unpaired) electrons. The van der Waals surface area contributed by atoms with Gasteiger partial charge in [0, 0.05) is 73.7 Å². The highest BCUT2D eigenvalue weighted by molar-refractivity contribution is 5.82. The van der Waals surface area contributed by atoms with Crippen LogP contribution in [-0.2, 0) is 12.4 Å². The van der Waals surface area contributed by atoms with E-state index in [4.69, 9.17) is 0 Å². The number of hydrogen-bond donors (Lipinski definition) is 0. The molecule has 7 rings (SSSR count). The molecule has 0 N–H and O–H groups in total. The van der Waals surface area contributed by atoms with Gasteiger partial charge in [-0.2, -0.15) is 26.3 Å². The Morgan fingerprint density at radius 1 is 0.323 bits per heavy atom. The van der Waals surface area contributed by atoms with Gasteiger partial charge in [0.2, 0.25) is 0 Å². The first-order valence-corrected chi connectivity index (χ1v) is 19.8. The van der Waals surface area contributed by atoms with Crippen molar-refractivity contribution in [2.24, 2.45) is 0 Å². The third-order valence-corrected chi connectivity index (χ3v) is 10.3. The molecule has 0 atom stereocenters. The molecule has 4 nitrogen and oxygen atoms in total. The van der Waals surface area contributed by atoms with E-state index in [1.54, 1.807) is 24.3 Å². The van der Waals surface area contributed by atoms with Gasteiger partial charge < -0.3 is 19.6 Å². The molecule has 0 saturated carbocycles. The molecule has 0 heterocycles. The van der Waals surface area contributed by atoms with Gasteiger partial charge in [-0.05, 0) is 131 Å². The first kappa shape index (κ1) is 42.9. The Kier molecular flexibility index (Phi) is 12.6. The second-order valence-electron chi connectivity index (χ2n) is 15.0. The molecule has 0 amide bonds. The summed E-state index contributed by atoms with van der Waals surface area (Å²) in [6, 6.07) is 50.7. The molecule has 314 valence electrons. The van der Waals surface area contributed by atoms with Gasteiger partial charge in [-0.3, -0.25) is 0 Å². The Balaban J connectivity index is 1.17.